The first-order valence-electron chi connectivity index (χ1n) is 10.5. The summed E-state index contributed by atoms with van der Waals surface area (Å²) in [6.07, 6.45) is 3.53. The van der Waals surface area contributed by atoms with Crippen LogP contribution in [0.25, 0.3) is 10.9 Å². The van der Waals surface area contributed by atoms with Crippen LogP contribution in [0.3, 0.4) is 0 Å². The number of carbonyl (C=O) groups excluding carboxylic acids is 1. The third kappa shape index (κ3) is 4.89. The van der Waals surface area contributed by atoms with Crippen LogP contribution in [0.15, 0.2) is 54.6 Å². The van der Waals surface area contributed by atoms with Crippen LogP contribution in [-0.4, -0.2) is 53.0 Å². The van der Waals surface area contributed by atoms with E-state index in [1.807, 2.05) is 0 Å². The van der Waals surface area contributed by atoms with Crippen molar-refractivity contribution < 1.29 is 14.7 Å². The fraction of sp³-hybridized carbons (Fsp3) is 0.333. The number of hydrogen-bond donors (Lipinski definition) is 3. The third-order valence-electron chi connectivity index (χ3n) is 5.90. The summed E-state index contributed by atoms with van der Waals surface area (Å²) >= 11 is 0. The molecule has 0 bridgehead atoms. The number of aromatic amines is 1. The number of benzene rings is 2. The van der Waals surface area contributed by atoms with Gasteiger partial charge in [0.05, 0.1) is 5.56 Å². The molecule has 1 aliphatic heterocycles. The molecule has 3 N–H and O–H groups in total. The zero-order chi connectivity index (χ0) is 20.9. The van der Waals surface area contributed by atoms with Crippen LogP contribution in [-0.2, 0) is 6.42 Å². The van der Waals surface area contributed by atoms with Gasteiger partial charge in [-0.2, -0.15) is 0 Å². The fourth-order valence-corrected chi connectivity index (χ4v) is 4.17. The number of hydrogen-bond acceptors (Lipinski definition) is 3. The van der Waals surface area contributed by atoms with Crippen molar-refractivity contribution in [3.05, 3.63) is 71.4 Å². The van der Waals surface area contributed by atoms with Crippen molar-refractivity contribution in [1.29, 1.82) is 0 Å². The largest absolute Gasteiger partial charge is 0.478 e. The first-order valence-corrected chi connectivity index (χ1v) is 10.5. The topological polar surface area (TPSA) is 85.4 Å². The van der Waals surface area contributed by atoms with E-state index >= 15 is 0 Å². The van der Waals surface area contributed by atoms with Gasteiger partial charge in [-0.1, -0.05) is 30.3 Å². The van der Waals surface area contributed by atoms with Crippen LogP contribution in [0.4, 0.5) is 0 Å². The highest BCUT2D eigenvalue weighted by molar-refractivity contribution is 6.00. The van der Waals surface area contributed by atoms with Crippen LogP contribution < -0.4 is 5.32 Å². The Morgan fingerprint density at radius 3 is 2.57 bits per heavy atom. The maximum Gasteiger partial charge on any atom is 0.335 e. The van der Waals surface area contributed by atoms with Gasteiger partial charge in [-0.3, -0.25) is 4.79 Å². The summed E-state index contributed by atoms with van der Waals surface area (Å²) in [4.78, 5) is 29.0. The smallest absolute Gasteiger partial charge is 0.335 e. The Morgan fingerprint density at radius 2 is 1.83 bits per heavy atom. The van der Waals surface area contributed by atoms with Gasteiger partial charge in [-0.15, -0.1) is 0 Å². The maximum absolute atomic E-state index is 12.5. The highest BCUT2D eigenvalue weighted by Gasteiger charge is 2.19. The lowest BCUT2D eigenvalue weighted by Crippen LogP contribution is -2.40. The minimum Gasteiger partial charge on any atom is -0.478 e. The summed E-state index contributed by atoms with van der Waals surface area (Å²) in [5, 5.41) is 12.8. The van der Waals surface area contributed by atoms with Crippen molar-refractivity contribution in [1.82, 2.24) is 15.2 Å². The molecule has 1 fully saturated rings. The van der Waals surface area contributed by atoms with Crippen molar-refractivity contribution in [2.45, 2.75) is 19.3 Å². The van der Waals surface area contributed by atoms with Crippen molar-refractivity contribution in [3.8, 4) is 0 Å². The van der Waals surface area contributed by atoms with Crippen LogP contribution in [0.1, 0.15) is 39.3 Å². The van der Waals surface area contributed by atoms with Crippen LogP contribution in [0.2, 0.25) is 0 Å². The number of fused-ring (bicyclic) bond motifs is 1. The number of likely N-dealkylation sites (tertiary alicyclic amines) is 1. The summed E-state index contributed by atoms with van der Waals surface area (Å²) in [6.45, 7) is 3.57. The highest BCUT2D eigenvalue weighted by atomic mass is 16.4. The second-order valence-corrected chi connectivity index (χ2v) is 8.02. The monoisotopic (exact) mass is 405 g/mol. The molecule has 0 unspecified atom stereocenters. The van der Waals surface area contributed by atoms with Crippen molar-refractivity contribution in [2.75, 3.05) is 26.2 Å². The lowest BCUT2D eigenvalue weighted by molar-refractivity contribution is 0.0696. The number of carbonyl (C=O) groups is 2. The predicted octanol–water partition coefficient (Wildman–Crippen LogP) is 3.55. The number of H-pyrrole nitrogens is 1. The molecule has 1 saturated heterocycles. The third-order valence-corrected chi connectivity index (χ3v) is 5.90. The molecule has 0 radical (unpaired) electrons. The molecule has 0 spiro atoms. The molecule has 1 aromatic heterocycles. The number of amides is 1. The minimum atomic E-state index is -0.975. The summed E-state index contributed by atoms with van der Waals surface area (Å²) in [7, 11) is 0. The van der Waals surface area contributed by atoms with Gasteiger partial charge in [0.25, 0.3) is 5.91 Å². The molecule has 156 valence electrons. The number of nitrogens with one attached hydrogen (secondary N) is 2. The van der Waals surface area contributed by atoms with E-state index in [1.54, 1.807) is 18.2 Å². The van der Waals surface area contributed by atoms with E-state index in [9.17, 15) is 9.59 Å². The zero-order valence-corrected chi connectivity index (χ0v) is 16.9. The Bertz CT molecular complexity index is 1020. The van der Waals surface area contributed by atoms with E-state index in [0.717, 1.165) is 42.9 Å². The number of rotatable bonds is 7. The molecule has 3 aromatic rings. The van der Waals surface area contributed by atoms with Gasteiger partial charge < -0.3 is 20.3 Å². The van der Waals surface area contributed by atoms with Crippen LogP contribution >= 0.6 is 0 Å². The molecule has 30 heavy (non-hydrogen) atoms. The minimum absolute atomic E-state index is 0.165. The Hall–Kier alpha value is -3.12. The fourth-order valence-electron chi connectivity index (χ4n) is 4.17. The SMILES string of the molecule is O=C(O)c1ccc2[nH]c(C(=O)NCCN3CCC(Cc4ccccc4)CC3)cc2c1. The molecule has 2 aromatic carbocycles. The molecule has 1 aliphatic rings. The van der Waals surface area contributed by atoms with E-state index in [0.29, 0.717) is 12.2 Å². The van der Waals surface area contributed by atoms with Crippen molar-refractivity contribution >= 4 is 22.8 Å². The predicted molar refractivity (Wildman–Crippen MR) is 117 cm³/mol. The van der Waals surface area contributed by atoms with E-state index in [1.165, 1.54) is 24.5 Å². The highest BCUT2D eigenvalue weighted by Crippen LogP contribution is 2.21. The van der Waals surface area contributed by atoms with Gasteiger partial charge in [0.2, 0.25) is 0 Å². The molecule has 0 saturated carbocycles. The quantitative estimate of drug-likeness (QED) is 0.561. The number of nitrogens with zero attached hydrogens (tertiary/aromatic N) is 1. The Morgan fingerprint density at radius 1 is 1.07 bits per heavy atom. The number of carboxylic acids is 1. The molecule has 1 amide bonds. The first kappa shape index (κ1) is 20.2. The normalized spacial score (nSPS) is 15.3. The Kier molecular flexibility index (Phi) is 6.14. The molecule has 6 heteroatoms. The van der Waals surface area contributed by atoms with Gasteiger partial charge in [-0.05, 0) is 68.1 Å². The van der Waals surface area contributed by atoms with Crippen LogP contribution in [0, 0.1) is 5.92 Å². The lowest BCUT2D eigenvalue weighted by Gasteiger charge is -2.32. The van der Waals surface area contributed by atoms with Crippen molar-refractivity contribution in [2.24, 2.45) is 5.92 Å². The molecular formula is C24H27N3O3. The van der Waals surface area contributed by atoms with Crippen molar-refractivity contribution in [3.63, 3.8) is 0 Å². The first-order chi connectivity index (χ1) is 14.6. The van der Waals surface area contributed by atoms with E-state index in [4.69, 9.17) is 5.11 Å². The van der Waals surface area contributed by atoms with Gasteiger partial charge in [0.15, 0.2) is 0 Å². The summed E-state index contributed by atoms with van der Waals surface area (Å²) in [5.74, 6) is -0.404. The number of aromatic carboxylic acids is 1. The average molecular weight is 405 g/mol. The van der Waals surface area contributed by atoms with E-state index < -0.39 is 5.97 Å². The molecule has 4 rings (SSSR count). The summed E-state index contributed by atoms with van der Waals surface area (Å²) in [5.41, 5.74) is 2.83. The van der Waals surface area contributed by atoms with Gasteiger partial charge in [0.1, 0.15) is 5.69 Å². The number of aromatic nitrogens is 1. The van der Waals surface area contributed by atoms with Gasteiger partial charge >= 0.3 is 5.97 Å². The zero-order valence-electron chi connectivity index (χ0n) is 16.9. The summed E-state index contributed by atoms with van der Waals surface area (Å²) in [6, 6.07) is 17.2. The van der Waals surface area contributed by atoms with Crippen LogP contribution in [0.5, 0.6) is 0 Å². The second-order valence-electron chi connectivity index (χ2n) is 8.02. The average Bonchev–Trinajstić information content (AvgIpc) is 3.19. The number of carboxylic acid groups (broad SMARTS) is 1. The maximum atomic E-state index is 12.5. The van der Waals surface area contributed by atoms with E-state index in [2.05, 4.69) is 45.5 Å². The Balaban J connectivity index is 1.22. The van der Waals surface area contributed by atoms with Gasteiger partial charge in [-0.25, -0.2) is 4.79 Å². The molecule has 0 aliphatic carbocycles. The molecule has 6 nitrogen and oxygen atoms in total. The molecule has 0 atom stereocenters. The standard InChI is InChI=1S/C24H27N3O3/c28-23(22-16-20-15-19(24(29)30)6-7-21(20)26-22)25-10-13-27-11-8-18(9-12-27)14-17-4-2-1-3-5-17/h1-7,15-16,18,26H,8-14H2,(H,25,28)(H,29,30). The number of piperidine rings is 1. The summed E-state index contributed by atoms with van der Waals surface area (Å²) < 4.78 is 0. The van der Waals surface area contributed by atoms with Gasteiger partial charge in [0, 0.05) is 24.0 Å². The Labute approximate surface area is 175 Å². The lowest BCUT2D eigenvalue weighted by atomic mass is 9.90. The second kappa shape index (κ2) is 9.13. The molecule has 2 heterocycles. The molecular weight excluding hydrogens is 378 g/mol. The van der Waals surface area contributed by atoms with E-state index in [-0.39, 0.29) is 11.5 Å².